The van der Waals surface area contributed by atoms with Crippen LogP contribution in [0.1, 0.15) is 66.5 Å². The molecule has 9 nitrogen and oxygen atoms in total. The van der Waals surface area contributed by atoms with Crippen molar-refractivity contribution in [3.63, 3.8) is 0 Å². The maximum atomic E-state index is 13.7. The highest BCUT2D eigenvalue weighted by atomic mass is 19.4. The molecule has 0 radical (unpaired) electrons. The molecule has 46 heavy (non-hydrogen) atoms. The maximum Gasteiger partial charge on any atom is 0.435 e. The summed E-state index contributed by atoms with van der Waals surface area (Å²) < 4.78 is 47.7. The highest BCUT2D eigenvalue weighted by Crippen LogP contribution is 2.37. The molecule has 4 N–H and O–H groups in total. The molecule has 2 amide bonds. The molecule has 3 aromatic carbocycles. The number of halogens is 3. The van der Waals surface area contributed by atoms with Gasteiger partial charge >= 0.3 is 12.3 Å². The quantitative estimate of drug-likeness (QED) is 0.200. The predicted molar refractivity (Wildman–Crippen MR) is 166 cm³/mol. The molecule has 12 heteroatoms. The van der Waals surface area contributed by atoms with Crippen LogP contribution in [0.25, 0.3) is 5.69 Å². The highest BCUT2D eigenvalue weighted by molar-refractivity contribution is 6.03. The first-order chi connectivity index (χ1) is 21.7. The standard InChI is InChI=1S/C34H36F3N5O4/c1-32(2,3)46-31(44)41(26-15-16-26)21-33(45,23-10-5-4-6-11-23)24-12-8-13-25(18-24)39-30(43)28-19-29(34(35,36)37)40-42(28)27-14-7-9-22(17-27)20-38/h4-14,17-19,26,45H,15-16,20-21,38H2,1-3H3,(H,39,43). The zero-order valence-electron chi connectivity index (χ0n) is 25.7. The number of carbonyl (C=O) groups is 2. The maximum absolute atomic E-state index is 13.7. The van der Waals surface area contributed by atoms with Gasteiger partial charge < -0.3 is 25.8 Å². The van der Waals surface area contributed by atoms with Gasteiger partial charge in [0, 0.05) is 24.3 Å². The number of anilines is 1. The Morgan fingerprint density at radius 3 is 2.28 bits per heavy atom. The summed E-state index contributed by atoms with van der Waals surface area (Å²) in [5.74, 6) is -0.852. The molecule has 1 heterocycles. The Morgan fingerprint density at radius 2 is 1.65 bits per heavy atom. The Balaban J connectivity index is 1.50. The third-order valence-electron chi connectivity index (χ3n) is 7.49. The van der Waals surface area contributed by atoms with E-state index in [-0.39, 0.29) is 36.2 Å². The smallest absolute Gasteiger partial charge is 0.435 e. The summed E-state index contributed by atoms with van der Waals surface area (Å²) in [5.41, 5.74) is 3.61. The number of hydrogen-bond donors (Lipinski definition) is 3. The number of nitrogens with two attached hydrogens (primary N) is 1. The first-order valence-corrected chi connectivity index (χ1v) is 14.8. The molecule has 1 atom stereocenters. The molecule has 1 aliphatic rings. The normalized spacial score (nSPS) is 14.8. The lowest BCUT2D eigenvalue weighted by Crippen LogP contribution is -2.47. The van der Waals surface area contributed by atoms with Crippen molar-refractivity contribution < 1.29 is 32.6 Å². The van der Waals surface area contributed by atoms with Gasteiger partial charge in [-0.15, -0.1) is 0 Å². The average molecular weight is 636 g/mol. The highest BCUT2D eigenvalue weighted by Gasteiger charge is 2.43. The minimum absolute atomic E-state index is 0.103. The van der Waals surface area contributed by atoms with Crippen LogP contribution in [0.4, 0.5) is 23.7 Å². The predicted octanol–water partition coefficient (Wildman–Crippen LogP) is 6.24. The molecule has 0 aliphatic heterocycles. The third-order valence-corrected chi connectivity index (χ3v) is 7.49. The van der Waals surface area contributed by atoms with Crippen LogP contribution in [0.2, 0.25) is 0 Å². The zero-order valence-corrected chi connectivity index (χ0v) is 25.7. The van der Waals surface area contributed by atoms with E-state index in [0.29, 0.717) is 22.8 Å². The number of amides is 2. The molecule has 0 saturated heterocycles. The number of nitrogens with one attached hydrogen (secondary N) is 1. The van der Waals surface area contributed by atoms with Crippen molar-refractivity contribution in [2.45, 2.75) is 63.6 Å². The Labute approximate surface area is 264 Å². The van der Waals surface area contributed by atoms with Crippen LogP contribution in [-0.4, -0.2) is 50.0 Å². The molecule has 1 fully saturated rings. The van der Waals surface area contributed by atoms with E-state index in [9.17, 15) is 27.9 Å². The monoisotopic (exact) mass is 635 g/mol. The Morgan fingerprint density at radius 1 is 0.978 bits per heavy atom. The molecule has 242 valence electrons. The lowest BCUT2D eigenvalue weighted by atomic mass is 9.85. The van der Waals surface area contributed by atoms with Gasteiger partial charge in [0.25, 0.3) is 5.91 Å². The first-order valence-electron chi connectivity index (χ1n) is 14.8. The summed E-state index contributed by atoms with van der Waals surface area (Å²) in [7, 11) is 0. The molecule has 0 spiro atoms. The van der Waals surface area contributed by atoms with Crippen molar-refractivity contribution in [3.8, 4) is 5.69 Å². The van der Waals surface area contributed by atoms with Crippen molar-refractivity contribution >= 4 is 17.7 Å². The Hall–Kier alpha value is -4.68. The Bertz CT molecular complexity index is 1710. The molecule has 1 aromatic heterocycles. The Kier molecular flexibility index (Phi) is 8.96. The summed E-state index contributed by atoms with van der Waals surface area (Å²) in [5, 5.41) is 18.7. The molecule has 1 aliphatic carbocycles. The van der Waals surface area contributed by atoms with Crippen molar-refractivity contribution in [3.05, 3.63) is 113 Å². The number of aromatic nitrogens is 2. The van der Waals surface area contributed by atoms with E-state index in [4.69, 9.17) is 10.5 Å². The average Bonchev–Trinajstić information content (AvgIpc) is 3.74. The molecule has 4 aromatic rings. The minimum atomic E-state index is -4.79. The molecular weight excluding hydrogens is 599 g/mol. The van der Waals surface area contributed by atoms with Gasteiger partial charge in [0.15, 0.2) is 5.69 Å². The third kappa shape index (κ3) is 7.40. The van der Waals surface area contributed by atoms with Crippen LogP contribution in [0.15, 0.2) is 84.9 Å². The first kappa shape index (κ1) is 32.7. The van der Waals surface area contributed by atoms with Crippen LogP contribution in [0, 0.1) is 0 Å². The second-order valence-corrected chi connectivity index (χ2v) is 12.3. The SMILES string of the molecule is CC(C)(C)OC(=O)N(CC(O)(c1ccccc1)c1cccc(NC(=O)c2cc(C(F)(F)F)nn2-c2cccc(CN)c2)c1)C1CC1. The van der Waals surface area contributed by atoms with Gasteiger partial charge in [0.2, 0.25) is 0 Å². The molecular formula is C34H36F3N5O4. The van der Waals surface area contributed by atoms with E-state index >= 15 is 0 Å². The number of hydrogen-bond acceptors (Lipinski definition) is 6. The number of nitrogens with zero attached hydrogens (tertiary/aromatic N) is 3. The number of aliphatic hydroxyl groups is 1. The largest absolute Gasteiger partial charge is 0.444 e. The zero-order chi connectivity index (χ0) is 33.3. The summed E-state index contributed by atoms with van der Waals surface area (Å²) in [6.45, 7) is 5.32. The van der Waals surface area contributed by atoms with Crippen LogP contribution in [0.3, 0.4) is 0 Å². The van der Waals surface area contributed by atoms with E-state index < -0.39 is 35.1 Å². The van der Waals surface area contributed by atoms with Crippen molar-refractivity contribution in [1.29, 1.82) is 0 Å². The van der Waals surface area contributed by atoms with E-state index in [1.807, 2.05) is 0 Å². The van der Waals surface area contributed by atoms with Crippen molar-refractivity contribution in [1.82, 2.24) is 14.7 Å². The van der Waals surface area contributed by atoms with Crippen LogP contribution in [0.5, 0.6) is 0 Å². The number of benzene rings is 3. The van der Waals surface area contributed by atoms with Gasteiger partial charge in [-0.3, -0.25) is 4.79 Å². The van der Waals surface area contributed by atoms with E-state index in [0.717, 1.165) is 17.5 Å². The fraction of sp³-hybridized carbons (Fsp3) is 0.324. The second-order valence-electron chi connectivity index (χ2n) is 12.3. The van der Waals surface area contributed by atoms with Gasteiger partial charge in [-0.25, -0.2) is 9.48 Å². The molecule has 5 rings (SSSR count). The van der Waals surface area contributed by atoms with Gasteiger partial charge in [-0.1, -0.05) is 54.6 Å². The number of ether oxygens (including phenoxy) is 1. The fourth-order valence-electron chi connectivity index (χ4n) is 5.10. The topological polar surface area (TPSA) is 123 Å². The fourth-order valence-corrected chi connectivity index (χ4v) is 5.10. The van der Waals surface area contributed by atoms with Crippen LogP contribution >= 0.6 is 0 Å². The van der Waals surface area contributed by atoms with Crippen LogP contribution < -0.4 is 11.1 Å². The van der Waals surface area contributed by atoms with E-state index in [1.54, 1.807) is 87.5 Å². The number of alkyl halides is 3. The molecule has 0 bridgehead atoms. The van der Waals surface area contributed by atoms with Gasteiger partial charge in [-0.05, 0) is 74.6 Å². The van der Waals surface area contributed by atoms with E-state index in [2.05, 4.69) is 10.4 Å². The van der Waals surface area contributed by atoms with Gasteiger partial charge in [0.1, 0.15) is 16.9 Å². The molecule has 1 unspecified atom stereocenters. The summed E-state index contributed by atoms with van der Waals surface area (Å²) in [4.78, 5) is 28.3. The number of rotatable bonds is 9. The van der Waals surface area contributed by atoms with Gasteiger partial charge in [-0.2, -0.15) is 18.3 Å². The van der Waals surface area contributed by atoms with Crippen LogP contribution in [-0.2, 0) is 23.1 Å². The lowest BCUT2D eigenvalue weighted by molar-refractivity contribution is -0.141. The second kappa shape index (κ2) is 12.6. The van der Waals surface area contributed by atoms with Gasteiger partial charge in [0.05, 0.1) is 12.2 Å². The van der Waals surface area contributed by atoms with Crippen molar-refractivity contribution in [2.75, 3.05) is 11.9 Å². The minimum Gasteiger partial charge on any atom is -0.444 e. The van der Waals surface area contributed by atoms with Crippen molar-refractivity contribution in [2.24, 2.45) is 5.73 Å². The lowest BCUT2D eigenvalue weighted by Gasteiger charge is -2.36. The summed E-state index contributed by atoms with van der Waals surface area (Å²) in [6.07, 6.45) is -3.81. The number of carbonyl (C=O) groups excluding carboxylic acids is 2. The summed E-state index contributed by atoms with van der Waals surface area (Å²) in [6, 6.07) is 22.1. The van der Waals surface area contributed by atoms with E-state index in [1.165, 1.54) is 17.0 Å². The molecule has 1 saturated carbocycles. The summed E-state index contributed by atoms with van der Waals surface area (Å²) >= 11 is 0.